The van der Waals surface area contributed by atoms with Crippen LogP contribution in [0, 0.1) is 0 Å². The zero-order valence-corrected chi connectivity index (χ0v) is 5.29. The minimum atomic E-state index is 0.202. The van der Waals surface area contributed by atoms with Crippen LogP contribution in [0.1, 0.15) is 2.74 Å². The molecule has 0 amide bonds. The van der Waals surface area contributed by atoms with Crippen molar-refractivity contribution in [1.82, 2.24) is 0 Å². The minimum Gasteiger partial charge on any atom is -0.486 e. The number of para-hydroxylation sites is 2. The molecule has 0 aromatic heterocycles. The van der Waals surface area contributed by atoms with Gasteiger partial charge in [0, 0.05) is 6.19 Å². The van der Waals surface area contributed by atoms with Crippen LogP contribution in [0.3, 0.4) is 0 Å². The van der Waals surface area contributed by atoms with Crippen LogP contribution >= 0.6 is 0 Å². The van der Waals surface area contributed by atoms with Crippen molar-refractivity contribution in [2.24, 2.45) is 4.99 Å². The standard InChI is InChI=1S/C8H7NO/c1-2-4-8-7(3-1)9-5-6-10-8/h1-5H,6H2/i1D,5D. The van der Waals surface area contributed by atoms with Crippen LogP contribution in [0.5, 0.6) is 5.75 Å². The van der Waals surface area contributed by atoms with Crippen molar-refractivity contribution in [2.45, 2.75) is 0 Å². The molecule has 0 N–H and O–H groups in total. The first-order valence-electron chi connectivity index (χ1n) is 4.03. The number of fused-ring (bicyclic) bond motifs is 1. The van der Waals surface area contributed by atoms with Crippen LogP contribution in [0.4, 0.5) is 5.69 Å². The van der Waals surface area contributed by atoms with Gasteiger partial charge in [-0.15, -0.1) is 0 Å². The Morgan fingerprint density at radius 1 is 1.60 bits per heavy atom. The van der Waals surface area contributed by atoms with E-state index in [0.29, 0.717) is 17.5 Å². The molecule has 1 aromatic carbocycles. The van der Waals surface area contributed by atoms with Gasteiger partial charge in [-0.05, 0) is 12.1 Å². The van der Waals surface area contributed by atoms with Crippen LogP contribution in [-0.2, 0) is 0 Å². The van der Waals surface area contributed by atoms with E-state index in [9.17, 15) is 0 Å². The quantitative estimate of drug-likeness (QED) is 0.531. The maximum absolute atomic E-state index is 7.31. The Balaban J connectivity index is 2.53. The van der Waals surface area contributed by atoms with Crippen molar-refractivity contribution < 1.29 is 7.48 Å². The zero-order valence-electron chi connectivity index (χ0n) is 7.29. The molecule has 1 aromatic rings. The highest BCUT2D eigenvalue weighted by atomic mass is 16.5. The van der Waals surface area contributed by atoms with Crippen LogP contribution in [0.2, 0.25) is 0 Å². The molecule has 2 nitrogen and oxygen atoms in total. The molecule has 0 aliphatic carbocycles. The van der Waals surface area contributed by atoms with Crippen LogP contribution in [-0.4, -0.2) is 12.8 Å². The molecule has 1 aliphatic rings. The van der Waals surface area contributed by atoms with E-state index in [2.05, 4.69) is 4.99 Å². The summed E-state index contributed by atoms with van der Waals surface area (Å²) in [6.07, 6.45) is 0.202. The molecule has 0 atom stereocenters. The molecular formula is C8H7NO. The van der Waals surface area contributed by atoms with Crippen molar-refractivity contribution >= 4 is 11.9 Å². The Bertz CT molecular complexity index is 349. The highest BCUT2D eigenvalue weighted by molar-refractivity contribution is 5.70. The van der Waals surface area contributed by atoms with Crippen molar-refractivity contribution in [2.75, 3.05) is 6.61 Å². The van der Waals surface area contributed by atoms with E-state index in [-0.39, 0.29) is 12.8 Å². The average molecular weight is 135 g/mol. The molecule has 1 heterocycles. The van der Waals surface area contributed by atoms with E-state index in [1.165, 1.54) is 0 Å². The lowest BCUT2D eigenvalue weighted by Crippen LogP contribution is -2.01. The molecule has 50 valence electrons. The fraction of sp³-hybridized carbons (Fsp3) is 0.125. The average Bonchev–Trinajstić information content (AvgIpc) is 2.03. The predicted molar refractivity (Wildman–Crippen MR) is 40.1 cm³/mol. The van der Waals surface area contributed by atoms with E-state index in [1.54, 1.807) is 18.2 Å². The van der Waals surface area contributed by atoms with Gasteiger partial charge in [0.25, 0.3) is 0 Å². The van der Waals surface area contributed by atoms with Gasteiger partial charge in [0.2, 0.25) is 0 Å². The van der Waals surface area contributed by atoms with E-state index in [0.717, 1.165) is 0 Å². The van der Waals surface area contributed by atoms with E-state index < -0.39 is 0 Å². The fourth-order valence-electron chi connectivity index (χ4n) is 0.844. The fourth-order valence-corrected chi connectivity index (χ4v) is 0.844. The number of hydrogen-bond donors (Lipinski definition) is 0. The Kier molecular flexibility index (Phi) is 0.804. The van der Waals surface area contributed by atoms with Crippen molar-refractivity contribution in [3.05, 3.63) is 24.2 Å². The summed E-state index contributed by atoms with van der Waals surface area (Å²) in [6, 6.07) is 5.32. The molecule has 0 saturated carbocycles. The van der Waals surface area contributed by atoms with Gasteiger partial charge in [-0.1, -0.05) is 12.1 Å². The maximum Gasteiger partial charge on any atom is 0.145 e. The van der Waals surface area contributed by atoms with Crippen LogP contribution in [0.15, 0.2) is 29.2 Å². The summed E-state index contributed by atoms with van der Waals surface area (Å²) in [6.45, 7) is 0.227. The molecule has 0 spiro atoms. The van der Waals surface area contributed by atoms with Crippen molar-refractivity contribution in [3.63, 3.8) is 0 Å². The smallest absolute Gasteiger partial charge is 0.145 e. The molecule has 10 heavy (non-hydrogen) atoms. The summed E-state index contributed by atoms with van der Waals surface area (Å²) < 4.78 is 19.7. The zero-order chi connectivity index (χ0) is 8.55. The SMILES string of the molecule is [2H]C1=Nc2cc([2H])ccc2OC1. The summed E-state index contributed by atoms with van der Waals surface area (Å²) in [5.41, 5.74) is 0.582. The van der Waals surface area contributed by atoms with Gasteiger partial charge in [0.1, 0.15) is 18.0 Å². The lowest BCUT2D eigenvalue weighted by molar-refractivity contribution is 0.377. The van der Waals surface area contributed by atoms with E-state index in [1.807, 2.05) is 0 Å². The molecule has 0 unspecified atom stereocenters. The van der Waals surface area contributed by atoms with Gasteiger partial charge >= 0.3 is 0 Å². The van der Waals surface area contributed by atoms with Gasteiger partial charge in [0.15, 0.2) is 0 Å². The predicted octanol–water partition coefficient (Wildman–Crippen LogP) is 1.78. The Morgan fingerprint density at radius 3 is 3.60 bits per heavy atom. The van der Waals surface area contributed by atoms with Crippen molar-refractivity contribution in [3.8, 4) is 5.75 Å². The topological polar surface area (TPSA) is 21.6 Å². The molecule has 0 saturated heterocycles. The van der Waals surface area contributed by atoms with Crippen LogP contribution in [0.25, 0.3) is 0 Å². The summed E-state index contributed by atoms with van der Waals surface area (Å²) in [7, 11) is 0. The van der Waals surface area contributed by atoms with E-state index in [4.69, 9.17) is 7.48 Å². The number of ether oxygens (including phenoxy) is 1. The highest BCUT2D eigenvalue weighted by Crippen LogP contribution is 2.27. The molecular weight excluding hydrogens is 126 g/mol. The monoisotopic (exact) mass is 135 g/mol. The largest absolute Gasteiger partial charge is 0.486 e. The Morgan fingerprint density at radius 2 is 2.60 bits per heavy atom. The molecule has 0 radical (unpaired) electrons. The summed E-state index contributed by atoms with van der Waals surface area (Å²) in [5.74, 6) is 0.655. The maximum atomic E-state index is 7.31. The van der Waals surface area contributed by atoms with Gasteiger partial charge in [-0.3, -0.25) is 4.99 Å². The van der Waals surface area contributed by atoms with Gasteiger partial charge < -0.3 is 4.74 Å². The third-order valence-electron chi connectivity index (χ3n) is 1.30. The number of benzene rings is 1. The number of hydrogen-bond acceptors (Lipinski definition) is 2. The first kappa shape index (κ1) is 3.76. The molecule has 2 heteroatoms. The Labute approximate surface area is 62.0 Å². The minimum absolute atomic E-state index is 0.202. The normalized spacial score (nSPS) is 17.8. The number of aliphatic imine (C=N–C) groups is 1. The molecule has 1 aliphatic heterocycles. The van der Waals surface area contributed by atoms with E-state index >= 15 is 0 Å². The third-order valence-corrected chi connectivity index (χ3v) is 1.30. The first-order valence-corrected chi connectivity index (χ1v) is 3.03. The first-order chi connectivity index (χ1) is 5.75. The van der Waals surface area contributed by atoms with Gasteiger partial charge in [-0.2, -0.15) is 0 Å². The highest BCUT2D eigenvalue weighted by Gasteiger charge is 2.02. The lowest BCUT2D eigenvalue weighted by Gasteiger charge is -2.09. The second kappa shape index (κ2) is 2.14. The van der Waals surface area contributed by atoms with Gasteiger partial charge in [0.05, 0.1) is 2.74 Å². The molecule has 0 fully saturated rings. The summed E-state index contributed by atoms with van der Waals surface area (Å²) in [4.78, 5) is 3.94. The van der Waals surface area contributed by atoms with Gasteiger partial charge in [-0.25, -0.2) is 0 Å². The third kappa shape index (κ3) is 0.778. The second-order valence-corrected chi connectivity index (χ2v) is 1.95. The second-order valence-electron chi connectivity index (χ2n) is 1.95. The number of nitrogens with zero attached hydrogens (tertiary/aromatic N) is 1. The lowest BCUT2D eigenvalue weighted by atomic mass is 10.3. The van der Waals surface area contributed by atoms with Crippen LogP contribution < -0.4 is 4.74 Å². The summed E-state index contributed by atoms with van der Waals surface area (Å²) in [5, 5.41) is 0. The molecule has 0 bridgehead atoms. The number of rotatable bonds is 0. The van der Waals surface area contributed by atoms with Crippen molar-refractivity contribution in [1.29, 1.82) is 0 Å². The Hall–Kier alpha value is -1.31. The summed E-state index contributed by atoms with van der Waals surface area (Å²) >= 11 is 0. The molecule has 2 rings (SSSR count).